The van der Waals surface area contributed by atoms with E-state index in [2.05, 4.69) is 16.9 Å². The molecule has 1 unspecified atom stereocenters. The van der Waals surface area contributed by atoms with Crippen LogP contribution in [0.4, 0.5) is 5.69 Å². The highest BCUT2D eigenvalue weighted by atomic mass is 16.6. The summed E-state index contributed by atoms with van der Waals surface area (Å²) in [5.41, 5.74) is 3.30. The minimum atomic E-state index is -0.521. The Morgan fingerprint density at radius 1 is 1.03 bits per heavy atom. The summed E-state index contributed by atoms with van der Waals surface area (Å²) in [4.78, 5) is 27.8. The lowest BCUT2D eigenvalue weighted by Crippen LogP contribution is -2.07. The lowest BCUT2D eigenvalue weighted by Gasteiger charge is -2.16. The first kappa shape index (κ1) is 21.8. The maximum atomic E-state index is 12.3. The number of cyclic esters (lactones) is 1. The highest BCUT2D eigenvalue weighted by molar-refractivity contribution is 6.13. The molecule has 3 aromatic carbocycles. The lowest BCUT2D eigenvalue weighted by atomic mass is 10.1. The molecule has 1 aliphatic heterocycles. The van der Waals surface area contributed by atoms with Crippen molar-refractivity contribution in [3.8, 4) is 5.75 Å². The van der Waals surface area contributed by atoms with Crippen molar-refractivity contribution in [1.82, 2.24) is 0 Å². The molecule has 6 heteroatoms. The van der Waals surface area contributed by atoms with E-state index in [1.807, 2.05) is 54.6 Å². The molecule has 0 spiro atoms. The first-order chi connectivity index (χ1) is 16.0. The third-order valence-electron chi connectivity index (χ3n) is 4.86. The van der Waals surface area contributed by atoms with Gasteiger partial charge in [-0.2, -0.15) is 0 Å². The Morgan fingerprint density at radius 3 is 2.36 bits per heavy atom. The second kappa shape index (κ2) is 9.78. The molecule has 1 heterocycles. The van der Waals surface area contributed by atoms with Crippen LogP contribution in [-0.4, -0.2) is 17.8 Å². The molecule has 1 atom stereocenters. The van der Waals surface area contributed by atoms with Crippen molar-refractivity contribution in [2.45, 2.75) is 13.0 Å². The average molecular weight is 438 g/mol. The SMILES string of the molecule is C=CC(Oc1ccc(/C=C2\N=C(c3ccc(NC(C)=O)cc3)OC2=O)cc1)c1ccccc1. The molecule has 1 aliphatic rings. The molecule has 1 amide bonds. The van der Waals surface area contributed by atoms with Crippen LogP contribution in [0, 0.1) is 0 Å². The summed E-state index contributed by atoms with van der Waals surface area (Å²) in [6, 6.07) is 24.1. The van der Waals surface area contributed by atoms with Crippen LogP contribution in [0.3, 0.4) is 0 Å². The fourth-order valence-corrected chi connectivity index (χ4v) is 3.27. The van der Waals surface area contributed by atoms with Crippen LogP contribution in [0.1, 0.15) is 29.7 Å². The number of hydrogen-bond acceptors (Lipinski definition) is 5. The average Bonchev–Trinajstić information content (AvgIpc) is 3.19. The largest absolute Gasteiger partial charge is 0.482 e. The summed E-state index contributed by atoms with van der Waals surface area (Å²) in [5.74, 6) is 0.224. The summed E-state index contributed by atoms with van der Waals surface area (Å²) in [6.45, 7) is 5.30. The Balaban J connectivity index is 1.47. The third-order valence-corrected chi connectivity index (χ3v) is 4.86. The van der Waals surface area contributed by atoms with Crippen LogP contribution in [0.25, 0.3) is 6.08 Å². The number of amides is 1. The zero-order valence-electron chi connectivity index (χ0n) is 18.0. The van der Waals surface area contributed by atoms with Crippen molar-refractivity contribution in [2.24, 2.45) is 4.99 Å². The normalized spacial score (nSPS) is 14.9. The standard InChI is InChI=1S/C27H22N2O4/c1-3-25(20-7-5-4-6-8-20)32-23-15-9-19(10-16-23)17-24-27(31)33-26(29-24)21-11-13-22(14-12-21)28-18(2)30/h3-17,25H,1H2,2H3,(H,28,30)/b24-17-. The van der Waals surface area contributed by atoms with Gasteiger partial charge < -0.3 is 14.8 Å². The van der Waals surface area contributed by atoms with Crippen molar-refractivity contribution >= 4 is 29.5 Å². The van der Waals surface area contributed by atoms with Crippen LogP contribution >= 0.6 is 0 Å². The molecule has 33 heavy (non-hydrogen) atoms. The van der Waals surface area contributed by atoms with Gasteiger partial charge >= 0.3 is 5.97 Å². The number of ether oxygens (including phenoxy) is 2. The van der Waals surface area contributed by atoms with Crippen LogP contribution in [0.2, 0.25) is 0 Å². The quantitative estimate of drug-likeness (QED) is 0.309. The van der Waals surface area contributed by atoms with Gasteiger partial charge in [-0.15, -0.1) is 0 Å². The molecule has 0 aliphatic carbocycles. The molecule has 4 rings (SSSR count). The van der Waals surface area contributed by atoms with Gasteiger partial charge in [0.25, 0.3) is 0 Å². The molecule has 0 bridgehead atoms. The van der Waals surface area contributed by atoms with E-state index in [1.165, 1.54) is 6.92 Å². The van der Waals surface area contributed by atoms with Gasteiger partial charge in [0.2, 0.25) is 11.8 Å². The van der Waals surface area contributed by atoms with Gasteiger partial charge in [0.05, 0.1) is 0 Å². The summed E-state index contributed by atoms with van der Waals surface area (Å²) >= 11 is 0. The summed E-state index contributed by atoms with van der Waals surface area (Å²) in [7, 11) is 0. The Kier molecular flexibility index (Phi) is 6.45. The maximum Gasteiger partial charge on any atom is 0.363 e. The van der Waals surface area contributed by atoms with Crippen molar-refractivity contribution < 1.29 is 19.1 Å². The first-order valence-corrected chi connectivity index (χ1v) is 10.4. The van der Waals surface area contributed by atoms with Crippen molar-refractivity contribution in [3.63, 3.8) is 0 Å². The van der Waals surface area contributed by atoms with Gasteiger partial charge in [0.1, 0.15) is 11.9 Å². The highest BCUT2D eigenvalue weighted by Crippen LogP contribution is 2.25. The van der Waals surface area contributed by atoms with E-state index in [-0.39, 0.29) is 23.6 Å². The summed E-state index contributed by atoms with van der Waals surface area (Å²) in [5, 5.41) is 2.69. The maximum absolute atomic E-state index is 12.3. The van der Waals surface area contributed by atoms with Gasteiger partial charge in [0, 0.05) is 18.2 Å². The molecule has 3 aromatic rings. The van der Waals surface area contributed by atoms with Crippen molar-refractivity contribution in [2.75, 3.05) is 5.32 Å². The number of rotatable bonds is 7. The lowest BCUT2D eigenvalue weighted by molar-refractivity contribution is -0.129. The van der Waals surface area contributed by atoms with E-state index in [0.29, 0.717) is 17.0 Å². The predicted octanol–water partition coefficient (Wildman–Crippen LogP) is 5.30. The van der Waals surface area contributed by atoms with Gasteiger partial charge in [-0.1, -0.05) is 49.0 Å². The molecule has 0 radical (unpaired) electrons. The number of esters is 1. The zero-order chi connectivity index (χ0) is 23.2. The number of hydrogen-bond donors (Lipinski definition) is 1. The molecule has 1 N–H and O–H groups in total. The Bertz CT molecular complexity index is 1230. The van der Waals surface area contributed by atoms with E-state index < -0.39 is 5.97 Å². The van der Waals surface area contributed by atoms with Crippen LogP contribution < -0.4 is 10.1 Å². The minimum Gasteiger partial charge on any atom is -0.482 e. The van der Waals surface area contributed by atoms with Crippen LogP contribution in [0.5, 0.6) is 5.75 Å². The monoisotopic (exact) mass is 438 g/mol. The number of anilines is 1. The van der Waals surface area contributed by atoms with Crippen molar-refractivity contribution in [3.05, 3.63) is 114 Å². The third kappa shape index (κ3) is 5.43. The van der Waals surface area contributed by atoms with Gasteiger partial charge in [0.15, 0.2) is 5.70 Å². The van der Waals surface area contributed by atoms with Crippen molar-refractivity contribution in [1.29, 1.82) is 0 Å². The molecule has 0 saturated carbocycles. The van der Waals surface area contributed by atoms with E-state index in [0.717, 1.165) is 11.1 Å². The highest BCUT2D eigenvalue weighted by Gasteiger charge is 2.24. The number of carbonyl (C=O) groups is 2. The van der Waals surface area contributed by atoms with E-state index in [4.69, 9.17) is 9.47 Å². The molecular formula is C27H22N2O4. The summed E-state index contributed by atoms with van der Waals surface area (Å²) in [6.07, 6.45) is 3.15. The number of nitrogens with zero attached hydrogens (tertiary/aromatic N) is 1. The van der Waals surface area contributed by atoms with E-state index >= 15 is 0 Å². The second-order valence-corrected chi connectivity index (χ2v) is 7.35. The molecule has 0 saturated heterocycles. The summed E-state index contributed by atoms with van der Waals surface area (Å²) < 4.78 is 11.3. The fraction of sp³-hybridized carbons (Fsp3) is 0.0741. The van der Waals surface area contributed by atoms with E-state index in [9.17, 15) is 9.59 Å². The minimum absolute atomic E-state index is 0.158. The number of aliphatic imine (C=N–C) groups is 1. The Hall–Kier alpha value is -4.45. The number of nitrogens with one attached hydrogen (secondary N) is 1. The molecule has 0 fully saturated rings. The molecular weight excluding hydrogens is 416 g/mol. The Morgan fingerprint density at radius 2 is 1.73 bits per heavy atom. The van der Waals surface area contributed by atoms with Gasteiger partial charge in [-0.3, -0.25) is 4.79 Å². The van der Waals surface area contributed by atoms with Crippen LogP contribution in [-0.2, 0) is 14.3 Å². The number of benzene rings is 3. The number of carbonyl (C=O) groups excluding carboxylic acids is 2. The predicted molar refractivity (Wildman–Crippen MR) is 128 cm³/mol. The topological polar surface area (TPSA) is 77.0 Å². The first-order valence-electron chi connectivity index (χ1n) is 10.4. The Labute approximate surface area is 191 Å². The second-order valence-electron chi connectivity index (χ2n) is 7.35. The van der Waals surface area contributed by atoms with Crippen LogP contribution in [0.15, 0.2) is 102 Å². The van der Waals surface area contributed by atoms with Gasteiger partial charge in [-0.25, -0.2) is 9.79 Å². The zero-order valence-corrected chi connectivity index (χ0v) is 18.0. The smallest absolute Gasteiger partial charge is 0.363 e. The fourth-order valence-electron chi connectivity index (χ4n) is 3.27. The molecule has 6 nitrogen and oxygen atoms in total. The van der Waals surface area contributed by atoms with E-state index in [1.54, 1.807) is 36.4 Å². The molecule has 164 valence electrons. The van der Waals surface area contributed by atoms with Gasteiger partial charge in [-0.05, 0) is 59.7 Å². The molecule has 0 aromatic heterocycles.